The van der Waals surface area contributed by atoms with Crippen LogP contribution in [0.5, 0.6) is 11.5 Å². The lowest BCUT2D eigenvalue weighted by molar-refractivity contribution is -0.122. The number of esters is 1. The average molecular weight is 571 g/mol. The van der Waals surface area contributed by atoms with E-state index in [1.807, 2.05) is 0 Å². The lowest BCUT2D eigenvalue weighted by Gasteiger charge is -2.18. The summed E-state index contributed by atoms with van der Waals surface area (Å²) in [6.07, 6.45) is 1.83. The zero-order valence-corrected chi connectivity index (χ0v) is 23.8. The monoisotopic (exact) mass is 570 g/mol. The van der Waals surface area contributed by atoms with Gasteiger partial charge in [-0.05, 0) is 87.1 Å². The Balaban J connectivity index is 1.43. The van der Waals surface area contributed by atoms with Gasteiger partial charge in [0.2, 0.25) is 0 Å². The van der Waals surface area contributed by atoms with Crippen LogP contribution in [0, 0.1) is 5.92 Å². The van der Waals surface area contributed by atoms with Gasteiger partial charge in [0.1, 0.15) is 16.5 Å². The van der Waals surface area contributed by atoms with Gasteiger partial charge in [-0.2, -0.15) is 0 Å². The van der Waals surface area contributed by atoms with Gasteiger partial charge in [-0.15, -0.1) is 11.3 Å². The topological polar surface area (TPSA) is 103 Å². The Bertz CT molecular complexity index is 1370. The van der Waals surface area contributed by atoms with E-state index in [2.05, 4.69) is 17.6 Å². The molecule has 1 aromatic heterocycles. The second kappa shape index (κ2) is 12.5. The van der Waals surface area contributed by atoms with Crippen LogP contribution in [0.1, 0.15) is 58.3 Å². The molecule has 2 atom stereocenters. The molecule has 4 rings (SSSR count). The van der Waals surface area contributed by atoms with Gasteiger partial charge in [0, 0.05) is 15.5 Å². The predicted octanol–water partition coefficient (Wildman–Crippen LogP) is 6.37. The first kappa shape index (κ1) is 28.4. The SMILES string of the molecule is CCOC(=O)c1c(NC(=O)c2ccc(OC(C)C(=O)Nc3cc(Cl)ccc3OC)cc2)sc2c1CCC(C)C2. The highest BCUT2D eigenvalue weighted by atomic mass is 35.5. The maximum absolute atomic E-state index is 13.1. The van der Waals surface area contributed by atoms with Crippen molar-refractivity contribution < 1.29 is 28.6 Å². The number of nitrogens with one attached hydrogen (secondary N) is 2. The summed E-state index contributed by atoms with van der Waals surface area (Å²) in [6.45, 7) is 5.83. The molecule has 1 aliphatic rings. The normalized spacial score (nSPS) is 15.1. The van der Waals surface area contributed by atoms with Crippen LogP contribution in [0.15, 0.2) is 42.5 Å². The number of hydrogen-bond donors (Lipinski definition) is 2. The van der Waals surface area contributed by atoms with Crippen LogP contribution in [0.4, 0.5) is 10.7 Å². The molecule has 0 spiro atoms. The van der Waals surface area contributed by atoms with Crippen molar-refractivity contribution in [2.24, 2.45) is 5.92 Å². The third-order valence-electron chi connectivity index (χ3n) is 6.44. The molecule has 0 fully saturated rings. The number of carbonyl (C=O) groups is 3. The first-order valence-electron chi connectivity index (χ1n) is 12.7. The first-order valence-corrected chi connectivity index (χ1v) is 13.9. The molecule has 0 aliphatic heterocycles. The van der Waals surface area contributed by atoms with E-state index in [9.17, 15) is 14.4 Å². The highest BCUT2D eigenvalue weighted by Gasteiger charge is 2.29. The van der Waals surface area contributed by atoms with Gasteiger partial charge in [0.15, 0.2) is 6.10 Å². The lowest BCUT2D eigenvalue weighted by atomic mass is 9.88. The molecule has 0 saturated carbocycles. The zero-order valence-electron chi connectivity index (χ0n) is 22.3. The van der Waals surface area contributed by atoms with Crippen LogP contribution in [-0.4, -0.2) is 37.6 Å². The molecule has 1 heterocycles. The van der Waals surface area contributed by atoms with Crippen LogP contribution in [0.2, 0.25) is 5.02 Å². The van der Waals surface area contributed by atoms with Crippen molar-refractivity contribution in [1.82, 2.24) is 0 Å². The van der Waals surface area contributed by atoms with Gasteiger partial charge in [-0.1, -0.05) is 18.5 Å². The van der Waals surface area contributed by atoms with E-state index in [-0.39, 0.29) is 18.4 Å². The molecular formula is C29H31ClN2O6S. The fourth-order valence-corrected chi connectivity index (χ4v) is 5.95. The Morgan fingerprint density at radius 1 is 1.13 bits per heavy atom. The lowest BCUT2D eigenvalue weighted by Crippen LogP contribution is -2.30. The van der Waals surface area contributed by atoms with Gasteiger partial charge >= 0.3 is 5.97 Å². The molecule has 3 aromatic rings. The van der Waals surface area contributed by atoms with E-state index in [1.54, 1.807) is 56.3 Å². The van der Waals surface area contributed by atoms with Crippen LogP contribution in [-0.2, 0) is 22.4 Å². The molecule has 0 saturated heterocycles. The van der Waals surface area contributed by atoms with Gasteiger partial charge in [-0.25, -0.2) is 4.79 Å². The molecule has 2 N–H and O–H groups in total. The summed E-state index contributed by atoms with van der Waals surface area (Å²) in [5.41, 5.74) is 2.27. The Morgan fingerprint density at radius 3 is 2.56 bits per heavy atom. The third-order valence-corrected chi connectivity index (χ3v) is 7.84. The van der Waals surface area contributed by atoms with Gasteiger partial charge in [-0.3, -0.25) is 9.59 Å². The molecule has 2 aromatic carbocycles. The standard InChI is InChI=1S/C29H31ClN2O6S/c1-5-37-29(35)25-21-12-6-16(2)14-24(21)39-28(25)32-27(34)18-7-10-20(11-8-18)38-17(3)26(33)31-22-15-19(30)9-13-23(22)36-4/h7-11,13,15-17H,5-6,12,14H2,1-4H3,(H,31,33)(H,32,34). The summed E-state index contributed by atoms with van der Waals surface area (Å²) >= 11 is 7.48. The van der Waals surface area contributed by atoms with Crippen molar-refractivity contribution in [3.8, 4) is 11.5 Å². The van der Waals surface area contributed by atoms with Gasteiger partial charge in [0.25, 0.3) is 11.8 Å². The first-order chi connectivity index (χ1) is 18.7. The minimum absolute atomic E-state index is 0.262. The van der Waals surface area contributed by atoms with E-state index in [1.165, 1.54) is 18.4 Å². The number of carbonyl (C=O) groups excluding carboxylic acids is 3. The van der Waals surface area contributed by atoms with Crippen molar-refractivity contribution in [3.63, 3.8) is 0 Å². The van der Waals surface area contributed by atoms with E-state index in [0.29, 0.717) is 44.3 Å². The number of anilines is 2. The quantitative estimate of drug-likeness (QED) is 0.290. The highest BCUT2D eigenvalue weighted by Crippen LogP contribution is 2.40. The van der Waals surface area contributed by atoms with E-state index in [4.69, 9.17) is 25.8 Å². The van der Waals surface area contributed by atoms with Crippen LogP contribution < -0.4 is 20.1 Å². The molecule has 1 aliphatic carbocycles. The van der Waals surface area contributed by atoms with Crippen molar-refractivity contribution in [1.29, 1.82) is 0 Å². The van der Waals surface area contributed by atoms with Gasteiger partial charge < -0.3 is 24.8 Å². The van der Waals surface area contributed by atoms with E-state index in [0.717, 1.165) is 29.7 Å². The number of fused-ring (bicyclic) bond motifs is 1. The fraction of sp³-hybridized carbons (Fsp3) is 0.345. The molecule has 2 amide bonds. The summed E-state index contributed by atoms with van der Waals surface area (Å²) in [4.78, 5) is 39.6. The number of hydrogen-bond acceptors (Lipinski definition) is 7. The molecule has 10 heteroatoms. The number of methoxy groups -OCH3 is 1. The molecule has 39 heavy (non-hydrogen) atoms. The molecule has 2 unspecified atom stereocenters. The van der Waals surface area contributed by atoms with Crippen LogP contribution in [0.3, 0.4) is 0 Å². The largest absolute Gasteiger partial charge is 0.495 e. The summed E-state index contributed by atoms with van der Waals surface area (Å²) in [6, 6.07) is 11.4. The summed E-state index contributed by atoms with van der Waals surface area (Å²) < 4.78 is 16.3. The highest BCUT2D eigenvalue weighted by molar-refractivity contribution is 7.17. The third kappa shape index (κ3) is 6.72. The predicted molar refractivity (Wildman–Crippen MR) is 153 cm³/mol. The molecular weight excluding hydrogens is 540 g/mol. The summed E-state index contributed by atoms with van der Waals surface area (Å²) in [7, 11) is 1.50. The second-order valence-electron chi connectivity index (χ2n) is 9.35. The van der Waals surface area contributed by atoms with E-state index >= 15 is 0 Å². The number of benzene rings is 2. The minimum atomic E-state index is -0.833. The second-order valence-corrected chi connectivity index (χ2v) is 10.9. The Kier molecular flexibility index (Phi) is 9.14. The number of halogens is 1. The number of rotatable bonds is 9. The molecule has 8 nitrogen and oxygen atoms in total. The van der Waals surface area contributed by atoms with Crippen LogP contribution in [0.25, 0.3) is 0 Å². The molecule has 206 valence electrons. The van der Waals surface area contributed by atoms with Crippen molar-refractivity contribution in [3.05, 3.63) is 69.1 Å². The summed E-state index contributed by atoms with van der Waals surface area (Å²) in [5.74, 6) is 0.269. The van der Waals surface area contributed by atoms with Crippen LogP contribution >= 0.6 is 22.9 Å². The maximum atomic E-state index is 13.1. The number of amides is 2. The zero-order chi connectivity index (χ0) is 28.1. The summed E-state index contributed by atoms with van der Waals surface area (Å²) in [5, 5.41) is 6.63. The Hall–Kier alpha value is -3.56. The maximum Gasteiger partial charge on any atom is 0.341 e. The Labute approximate surface area is 236 Å². The van der Waals surface area contributed by atoms with Crippen molar-refractivity contribution in [2.45, 2.75) is 46.1 Å². The average Bonchev–Trinajstić information content (AvgIpc) is 3.26. The molecule has 0 bridgehead atoms. The Morgan fingerprint density at radius 2 is 1.87 bits per heavy atom. The van der Waals surface area contributed by atoms with Crippen molar-refractivity contribution >= 4 is 51.4 Å². The number of ether oxygens (including phenoxy) is 3. The van der Waals surface area contributed by atoms with Gasteiger partial charge in [0.05, 0.1) is 25.0 Å². The number of thiophene rings is 1. The van der Waals surface area contributed by atoms with Crippen molar-refractivity contribution in [2.75, 3.05) is 24.4 Å². The fourth-order valence-electron chi connectivity index (χ4n) is 4.39. The van der Waals surface area contributed by atoms with E-state index < -0.39 is 12.1 Å². The smallest absolute Gasteiger partial charge is 0.341 e. The molecule has 0 radical (unpaired) electrons. The minimum Gasteiger partial charge on any atom is -0.495 e.